The van der Waals surface area contributed by atoms with E-state index in [1.807, 2.05) is 48.7 Å². The minimum absolute atomic E-state index is 0.00662. The number of nitrogens with zero attached hydrogens (tertiary/aromatic N) is 14. The number of rotatable bonds is 43. The highest BCUT2D eigenvalue weighted by Gasteiger charge is 2.49. The van der Waals surface area contributed by atoms with Gasteiger partial charge in [-0.3, -0.25) is 46.9 Å². The van der Waals surface area contributed by atoms with E-state index in [9.17, 15) is 41.5 Å². The lowest BCUT2D eigenvalue weighted by Crippen LogP contribution is -2.24. The van der Waals surface area contributed by atoms with E-state index in [1.54, 1.807) is 165 Å². The Morgan fingerprint density at radius 3 is 0.956 bits per heavy atom. The number of anilines is 4. The third-order valence-corrected chi connectivity index (χ3v) is 32.8. The van der Waals surface area contributed by atoms with E-state index >= 15 is 0 Å². The number of amides is 2. The molecule has 0 saturated carbocycles. The Labute approximate surface area is 795 Å². The quantitative estimate of drug-likeness (QED) is 0.0125. The van der Waals surface area contributed by atoms with Gasteiger partial charge >= 0.3 is 38.6 Å². The first-order valence-corrected chi connectivity index (χ1v) is 53.6. The molecule has 0 aliphatic rings. The molecule has 13 N–H and O–H groups in total. The number of hydrogen-bond donors (Lipinski definition) is 10. The largest absolute Gasteiger partial charge is 0.697 e. The maximum Gasteiger partial charge on any atom is 0.697 e. The zero-order chi connectivity index (χ0) is 101. The Morgan fingerprint density at radius 2 is 0.669 bits per heavy atom. The van der Waals surface area contributed by atoms with Crippen molar-refractivity contribution in [2.75, 3.05) is 87.9 Å². The summed E-state index contributed by atoms with van der Waals surface area (Å²) in [5.74, 6) is 1.10. The molecule has 10 aromatic heterocycles. The van der Waals surface area contributed by atoms with Crippen LogP contribution in [-0.4, -0.2) is 164 Å². The van der Waals surface area contributed by atoms with Crippen LogP contribution in [0, 0.1) is 52.2 Å². The molecule has 2 amide bonds. The molecule has 0 spiro atoms. The molecule has 0 aromatic carbocycles. The zero-order valence-corrected chi connectivity index (χ0v) is 83.5. The molecule has 0 radical (unpaired) electrons. The molecular weight excluding hydrogens is 1970 g/mol. The van der Waals surface area contributed by atoms with Gasteiger partial charge in [-0.2, -0.15) is 21.0 Å². The van der Waals surface area contributed by atoms with E-state index in [-0.39, 0.29) is 94.1 Å². The van der Waals surface area contributed by atoms with E-state index in [4.69, 9.17) is 104 Å². The number of alkyl halides is 1. The number of aryl methyl sites for hydroxylation is 1. The van der Waals surface area contributed by atoms with Gasteiger partial charge in [0.05, 0.1) is 39.6 Å². The van der Waals surface area contributed by atoms with E-state index in [2.05, 4.69) is 85.5 Å². The first-order valence-electron chi connectivity index (χ1n) is 40.6. The normalized spacial score (nSPS) is 12.2. The van der Waals surface area contributed by atoms with Crippen molar-refractivity contribution in [2.24, 2.45) is 11.5 Å². The summed E-state index contributed by atoms with van der Waals surface area (Å²) < 4.78 is 151. The molecule has 10 aromatic rings. The van der Waals surface area contributed by atoms with Crippen molar-refractivity contribution >= 4 is 104 Å². The summed E-state index contributed by atoms with van der Waals surface area (Å²) in [4.78, 5) is 98.0. The van der Waals surface area contributed by atoms with Crippen LogP contribution in [0.25, 0.3) is 0 Å². The lowest BCUT2D eigenvalue weighted by atomic mass is 10.2. The van der Waals surface area contributed by atoms with Gasteiger partial charge in [0.15, 0.2) is 0 Å². The Balaban J connectivity index is 0.000000350. The molecule has 53 heteroatoms. The Morgan fingerprint density at radius 1 is 0.390 bits per heavy atom. The maximum absolute atomic E-state index is 13.5. The third kappa shape index (κ3) is 43.1. The number of nitrogen functional groups attached to an aromatic ring is 1. The molecule has 4 atom stereocenters. The summed E-state index contributed by atoms with van der Waals surface area (Å²) in [6.45, 7) is 20.6. The van der Waals surface area contributed by atoms with Crippen molar-refractivity contribution in [3.05, 3.63) is 251 Å². The van der Waals surface area contributed by atoms with E-state index in [0.717, 1.165) is 27.6 Å². The Bertz CT molecular complexity index is 5950. The molecule has 0 fully saturated rings. The van der Waals surface area contributed by atoms with Crippen LogP contribution < -0.4 is 52.1 Å². The first-order chi connectivity index (χ1) is 64.7. The second-order valence-corrected chi connectivity index (χ2v) is 42.2. The second-order valence-electron chi connectivity index (χ2n) is 26.7. The van der Waals surface area contributed by atoms with Crippen LogP contribution in [0.15, 0.2) is 183 Å². The van der Waals surface area contributed by atoms with Crippen molar-refractivity contribution in [1.82, 2.24) is 49.8 Å². The average Bonchev–Trinajstić information content (AvgIpc) is 0.798. The molecule has 45 nitrogen and oxygen atoms in total. The van der Waals surface area contributed by atoms with Crippen molar-refractivity contribution < 1.29 is 116 Å². The summed E-state index contributed by atoms with van der Waals surface area (Å²) >= 11 is 3.28. The highest BCUT2D eigenvalue weighted by Crippen LogP contribution is 2.69. The van der Waals surface area contributed by atoms with Crippen molar-refractivity contribution in [3.63, 3.8) is 0 Å². The fourth-order valence-electron chi connectivity index (χ4n) is 10.4. The maximum atomic E-state index is 13.5. The molecular formula is C83H105BrN20O25P7+. The SMILES string of the molecule is CCOP(C)(=O)C(Nc1cc(OCc2ccnc(C#N)c2)ccn1)P(=O)(OCC)OCC.CCOP(C)(=O)C(Nc1cc(OCc2ccnc(C(N)=O)c2)ccn1)P(=O)(OCC)OCC.CCO[P+](=O)OCC.Cc1ccnc(C#N)c1.N#Cc1cc(CBr)ccn1.N#Cc1cc(COc2ccnc(N)c2)ccn1.NC(=O)c1cc(COc2ccnc(NC(P(=O)(O)O)P(=O)(O)O)c2)ccn1. The fraction of sp³-hybridized carbons (Fsp3) is 0.325. The molecule has 728 valence electrons. The van der Waals surface area contributed by atoms with Gasteiger partial charge in [0.2, 0.25) is 31.3 Å². The molecule has 136 heavy (non-hydrogen) atoms. The van der Waals surface area contributed by atoms with Gasteiger partial charge < -0.3 is 98.8 Å². The summed E-state index contributed by atoms with van der Waals surface area (Å²) in [5, 5.41) is 43.1. The molecule has 10 heterocycles. The third-order valence-electron chi connectivity index (χ3n) is 16.2. The van der Waals surface area contributed by atoms with Crippen LogP contribution in [0.5, 0.6) is 23.0 Å². The van der Waals surface area contributed by atoms with Gasteiger partial charge in [-0.1, -0.05) is 15.9 Å². The average molecular weight is 2080 g/mol. The van der Waals surface area contributed by atoms with Crippen LogP contribution in [-0.2, 0) is 99.9 Å². The van der Waals surface area contributed by atoms with Gasteiger partial charge in [-0.05, 0) is 193 Å². The molecule has 10 rings (SSSR count). The minimum Gasteiger partial charge on any atom is -0.489 e. The number of carbonyl (C=O) groups excluding carboxylic acids is 2. The van der Waals surface area contributed by atoms with Crippen molar-refractivity contribution in [1.29, 1.82) is 21.0 Å². The Hall–Kier alpha value is -11.7. The van der Waals surface area contributed by atoms with Crippen molar-refractivity contribution in [2.45, 2.75) is 111 Å². The van der Waals surface area contributed by atoms with Gasteiger partial charge in [0.25, 0.3) is 11.8 Å². The minimum atomic E-state index is -5.16. The zero-order valence-electron chi connectivity index (χ0n) is 75.6. The number of pyridine rings is 10. The van der Waals surface area contributed by atoms with E-state index in [0.29, 0.717) is 76.8 Å². The van der Waals surface area contributed by atoms with Gasteiger partial charge in [0.1, 0.15) is 144 Å². The number of primary amides is 2. The number of ether oxygens (including phenoxy) is 4. The number of nitrogens with two attached hydrogens (primary N) is 3. The Kier molecular flexibility index (Phi) is 52.0. The predicted octanol–water partition coefficient (Wildman–Crippen LogP) is 15.4. The monoisotopic (exact) mass is 2080 g/mol. The predicted molar refractivity (Wildman–Crippen MR) is 507 cm³/mol. The molecule has 0 aliphatic carbocycles. The van der Waals surface area contributed by atoms with Gasteiger partial charge in [0, 0.05) is 109 Å². The highest BCUT2D eigenvalue weighted by atomic mass is 79.9. The summed E-state index contributed by atoms with van der Waals surface area (Å²) in [7, 11) is -26.9. The summed E-state index contributed by atoms with van der Waals surface area (Å²) in [5.41, 5.74) is 17.8. The molecule has 0 bridgehead atoms. The highest BCUT2D eigenvalue weighted by molar-refractivity contribution is 9.08. The second kappa shape index (κ2) is 60.7. The lowest BCUT2D eigenvalue weighted by molar-refractivity contribution is 0.0987. The lowest BCUT2D eigenvalue weighted by Gasteiger charge is -2.31. The van der Waals surface area contributed by atoms with E-state index < -0.39 is 81.8 Å². The summed E-state index contributed by atoms with van der Waals surface area (Å²) in [6.07, 6.45) is 15.0. The molecule has 0 saturated heterocycles. The van der Waals surface area contributed by atoms with Gasteiger partial charge in [-0.15, -0.1) is 9.05 Å². The number of nitriles is 4. The number of carbonyl (C=O) groups is 2. The standard InChI is InChI=1S/C20H30N4O7P2.C20H28N4O6P2.C13H16N4O8P2.C12H10N4O.C7H5BrN2.C7H6N2.C4H10O3P/c1-5-29-32(4,26)20(33(27,30-6-2)31-7-3)24-18-13-16(9-11-23-18)28-14-15-8-10-22-17(12-15)19(21)25;1-5-28-31(4,25)20(32(26,29-6-2)30-7-3)24-19-13-18(9-11-23-19)27-15-16-8-10-22-17(12-16)14-21;14-12(18)10-5-8(1-3-15-10)7-25-9-2-4-16-11(6-9)17-13(26(19,20)21)27(22,23)24;13-7-10-5-9(1-3-15-10)8-17-11-2-4-16-12(14)6-11;8-4-6-1-2-10-7(3-6)5-9;1-6-2-3-9-7(4-6)5-8;1-3-6-8(5)7-4-2/h8-13,20H,5-7,14H2,1-4H3,(H2,21,25)(H,23,24);8-13,20H,5-7,15H2,1-4H3,(H,23,24);1-6,13H,7H2,(H2,14,18)(H,16,17)(H2,19,20,21)(H2,22,23,24);1-6H,8H2,(H2,14,16);1-3H,4H2;2-4H,1H3;3-4H2,1-2H3/q;;;;;;+1. The molecule has 0 aliphatic heterocycles. The van der Waals surface area contributed by atoms with Crippen LogP contribution in [0.3, 0.4) is 0 Å². The van der Waals surface area contributed by atoms with Crippen LogP contribution >= 0.6 is 69.3 Å². The number of halogens is 1. The van der Waals surface area contributed by atoms with E-state index in [1.165, 1.54) is 74.8 Å². The van der Waals surface area contributed by atoms with Gasteiger partial charge in [-0.25, -0.2) is 39.9 Å². The topological polar surface area (TPSA) is 684 Å². The van der Waals surface area contributed by atoms with Crippen molar-refractivity contribution in [3.8, 4) is 47.3 Å². The number of nitrogens with one attached hydrogen (secondary N) is 3. The van der Waals surface area contributed by atoms with Crippen LogP contribution in [0.2, 0.25) is 0 Å². The summed E-state index contributed by atoms with van der Waals surface area (Å²) in [6, 6.07) is 40.6. The smallest absolute Gasteiger partial charge is 0.489 e. The number of hydrogen-bond acceptors (Lipinski definition) is 39. The number of aromatic nitrogens is 10. The van der Waals surface area contributed by atoms with Crippen LogP contribution in [0.4, 0.5) is 23.3 Å². The molecule has 4 unspecified atom stereocenters. The van der Waals surface area contributed by atoms with Crippen LogP contribution in [0.1, 0.15) is 133 Å². The first kappa shape index (κ1) is 117. The fourth-order valence-corrected chi connectivity index (χ4v) is 23.5.